The van der Waals surface area contributed by atoms with Gasteiger partial charge in [0.2, 0.25) is 0 Å². The van der Waals surface area contributed by atoms with E-state index in [0.29, 0.717) is 12.5 Å². The van der Waals surface area contributed by atoms with Crippen LogP contribution in [0.3, 0.4) is 0 Å². The van der Waals surface area contributed by atoms with E-state index in [1.54, 1.807) is 0 Å². The van der Waals surface area contributed by atoms with Crippen molar-refractivity contribution in [2.45, 2.75) is 111 Å². The molecular formula is C22H42O3. The van der Waals surface area contributed by atoms with E-state index in [1.807, 2.05) is 20.8 Å². The summed E-state index contributed by atoms with van der Waals surface area (Å²) in [6.07, 6.45) is 19.2. The third-order valence-corrected chi connectivity index (χ3v) is 4.61. The number of hydrogen-bond donors (Lipinski definition) is 0. The SMILES string of the molecule is CC/C=C/CCCCCCCCCCCCOC(=O)OC(C)C(C)C. The van der Waals surface area contributed by atoms with Gasteiger partial charge in [-0.2, -0.15) is 0 Å². The summed E-state index contributed by atoms with van der Waals surface area (Å²) < 4.78 is 10.3. The molecule has 0 aromatic heterocycles. The van der Waals surface area contributed by atoms with Crippen LogP contribution in [0.5, 0.6) is 0 Å². The molecule has 0 fully saturated rings. The Kier molecular flexibility index (Phi) is 17.1. The molecule has 0 saturated carbocycles. The fourth-order valence-corrected chi connectivity index (χ4v) is 2.54. The minimum absolute atomic E-state index is 0.0831. The highest BCUT2D eigenvalue weighted by Crippen LogP contribution is 2.12. The molecule has 1 unspecified atom stereocenters. The third kappa shape index (κ3) is 17.6. The number of ether oxygens (including phenoxy) is 2. The van der Waals surface area contributed by atoms with E-state index in [4.69, 9.17) is 9.47 Å². The molecule has 0 aromatic carbocycles. The standard InChI is InChI=1S/C22H42O3/c1-5-6-7-8-9-10-11-12-13-14-15-16-17-18-19-24-22(23)25-21(4)20(2)3/h6-7,20-21H,5,8-19H2,1-4H3/b7-6+. The number of carbonyl (C=O) groups excluding carboxylic acids is 1. The first-order valence-corrected chi connectivity index (χ1v) is 10.6. The Bertz CT molecular complexity index is 323. The van der Waals surface area contributed by atoms with Crippen LogP contribution in [0.15, 0.2) is 12.2 Å². The van der Waals surface area contributed by atoms with Gasteiger partial charge in [0.15, 0.2) is 0 Å². The van der Waals surface area contributed by atoms with E-state index in [2.05, 4.69) is 19.1 Å². The fourth-order valence-electron chi connectivity index (χ4n) is 2.54. The zero-order valence-electron chi connectivity index (χ0n) is 17.2. The van der Waals surface area contributed by atoms with Crippen molar-refractivity contribution in [1.82, 2.24) is 0 Å². The monoisotopic (exact) mass is 354 g/mol. The van der Waals surface area contributed by atoms with Gasteiger partial charge in [-0.05, 0) is 38.5 Å². The van der Waals surface area contributed by atoms with E-state index in [-0.39, 0.29) is 6.10 Å². The lowest BCUT2D eigenvalue weighted by Gasteiger charge is -2.16. The molecule has 3 heteroatoms. The first kappa shape index (κ1) is 24.0. The summed E-state index contributed by atoms with van der Waals surface area (Å²) in [7, 11) is 0. The first-order chi connectivity index (χ1) is 12.1. The van der Waals surface area contributed by atoms with E-state index >= 15 is 0 Å². The smallest absolute Gasteiger partial charge is 0.434 e. The molecule has 0 heterocycles. The highest BCUT2D eigenvalue weighted by atomic mass is 16.7. The van der Waals surface area contributed by atoms with Gasteiger partial charge in [-0.1, -0.05) is 84.3 Å². The second kappa shape index (κ2) is 17.8. The summed E-state index contributed by atoms with van der Waals surface area (Å²) in [4.78, 5) is 11.4. The quantitative estimate of drug-likeness (QED) is 0.164. The van der Waals surface area contributed by atoms with Gasteiger partial charge in [0, 0.05) is 0 Å². The molecule has 0 saturated heterocycles. The predicted molar refractivity (Wildman–Crippen MR) is 107 cm³/mol. The van der Waals surface area contributed by atoms with Gasteiger partial charge in [0.1, 0.15) is 6.10 Å². The largest absolute Gasteiger partial charge is 0.508 e. The Hall–Kier alpha value is -0.990. The lowest BCUT2D eigenvalue weighted by atomic mass is 10.1. The fraction of sp³-hybridized carbons (Fsp3) is 0.864. The van der Waals surface area contributed by atoms with Gasteiger partial charge >= 0.3 is 6.16 Å². The second-order valence-corrected chi connectivity index (χ2v) is 7.37. The van der Waals surface area contributed by atoms with E-state index in [9.17, 15) is 4.79 Å². The number of carbonyl (C=O) groups is 1. The number of allylic oxidation sites excluding steroid dienone is 2. The average Bonchev–Trinajstić information content (AvgIpc) is 2.58. The molecule has 0 aliphatic heterocycles. The Balaban J connectivity index is 3.21. The van der Waals surface area contributed by atoms with Crippen molar-refractivity contribution in [3.63, 3.8) is 0 Å². The van der Waals surface area contributed by atoms with Crippen molar-refractivity contribution >= 4 is 6.16 Å². The van der Waals surface area contributed by atoms with Gasteiger partial charge in [-0.3, -0.25) is 0 Å². The number of unbranched alkanes of at least 4 members (excludes halogenated alkanes) is 10. The molecule has 0 aliphatic carbocycles. The molecule has 0 aromatic rings. The Labute approximate surface area is 156 Å². The molecule has 0 bridgehead atoms. The van der Waals surface area contributed by atoms with Crippen molar-refractivity contribution in [2.24, 2.45) is 5.92 Å². The van der Waals surface area contributed by atoms with Crippen molar-refractivity contribution in [3.8, 4) is 0 Å². The summed E-state index contributed by atoms with van der Waals surface area (Å²) in [5.74, 6) is 0.324. The first-order valence-electron chi connectivity index (χ1n) is 10.6. The Morgan fingerprint density at radius 1 is 0.800 bits per heavy atom. The summed E-state index contributed by atoms with van der Waals surface area (Å²) in [6.45, 7) is 8.63. The molecule has 3 nitrogen and oxygen atoms in total. The maximum atomic E-state index is 11.4. The zero-order valence-corrected chi connectivity index (χ0v) is 17.2. The number of hydrogen-bond acceptors (Lipinski definition) is 3. The Morgan fingerprint density at radius 3 is 1.84 bits per heavy atom. The minimum atomic E-state index is -0.522. The van der Waals surface area contributed by atoms with E-state index < -0.39 is 6.16 Å². The van der Waals surface area contributed by atoms with Gasteiger partial charge in [0.25, 0.3) is 0 Å². The van der Waals surface area contributed by atoms with Crippen LogP contribution in [0.4, 0.5) is 4.79 Å². The molecule has 0 amide bonds. The molecule has 0 spiro atoms. The van der Waals surface area contributed by atoms with Crippen LogP contribution in [-0.4, -0.2) is 18.9 Å². The van der Waals surface area contributed by atoms with E-state index in [0.717, 1.165) is 19.3 Å². The summed E-state index contributed by atoms with van der Waals surface area (Å²) >= 11 is 0. The zero-order chi connectivity index (χ0) is 18.8. The molecule has 0 aliphatic rings. The van der Waals surface area contributed by atoms with Crippen LogP contribution in [0.1, 0.15) is 105 Å². The maximum absolute atomic E-state index is 11.4. The van der Waals surface area contributed by atoms with Crippen LogP contribution < -0.4 is 0 Å². The highest BCUT2D eigenvalue weighted by Gasteiger charge is 2.13. The van der Waals surface area contributed by atoms with Crippen LogP contribution in [0.2, 0.25) is 0 Å². The number of rotatable bonds is 16. The average molecular weight is 355 g/mol. The second-order valence-electron chi connectivity index (χ2n) is 7.37. The highest BCUT2D eigenvalue weighted by molar-refractivity contribution is 5.60. The topological polar surface area (TPSA) is 35.5 Å². The van der Waals surface area contributed by atoms with Crippen molar-refractivity contribution in [3.05, 3.63) is 12.2 Å². The summed E-state index contributed by atoms with van der Waals surface area (Å²) in [5, 5.41) is 0. The molecule has 148 valence electrons. The third-order valence-electron chi connectivity index (χ3n) is 4.61. The molecule has 0 N–H and O–H groups in total. The van der Waals surface area contributed by atoms with Crippen molar-refractivity contribution in [2.75, 3.05) is 6.61 Å². The van der Waals surface area contributed by atoms with Crippen LogP contribution in [-0.2, 0) is 9.47 Å². The van der Waals surface area contributed by atoms with Gasteiger partial charge in [0.05, 0.1) is 6.61 Å². The van der Waals surface area contributed by atoms with Crippen LogP contribution >= 0.6 is 0 Å². The molecule has 0 radical (unpaired) electrons. The molecular weight excluding hydrogens is 312 g/mol. The summed E-state index contributed by atoms with van der Waals surface area (Å²) in [6, 6.07) is 0. The molecule has 25 heavy (non-hydrogen) atoms. The van der Waals surface area contributed by atoms with Gasteiger partial charge in [-0.15, -0.1) is 0 Å². The van der Waals surface area contributed by atoms with E-state index in [1.165, 1.54) is 57.8 Å². The lowest BCUT2D eigenvalue weighted by molar-refractivity contribution is 0.0140. The predicted octanol–water partition coefficient (Wildman–Crippen LogP) is 7.44. The van der Waals surface area contributed by atoms with Crippen LogP contribution in [0, 0.1) is 5.92 Å². The maximum Gasteiger partial charge on any atom is 0.508 e. The van der Waals surface area contributed by atoms with Gasteiger partial charge in [-0.25, -0.2) is 4.79 Å². The van der Waals surface area contributed by atoms with Crippen molar-refractivity contribution < 1.29 is 14.3 Å². The Morgan fingerprint density at radius 2 is 1.32 bits per heavy atom. The molecule has 0 rings (SSSR count). The molecule has 1 atom stereocenters. The van der Waals surface area contributed by atoms with Crippen LogP contribution in [0.25, 0.3) is 0 Å². The van der Waals surface area contributed by atoms with Crippen molar-refractivity contribution in [1.29, 1.82) is 0 Å². The lowest BCUT2D eigenvalue weighted by Crippen LogP contribution is -2.21. The summed E-state index contributed by atoms with van der Waals surface area (Å²) in [5.41, 5.74) is 0. The normalized spacial score (nSPS) is 12.7. The minimum Gasteiger partial charge on any atom is -0.434 e. The van der Waals surface area contributed by atoms with Gasteiger partial charge < -0.3 is 9.47 Å².